The predicted octanol–water partition coefficient (Wildman–Crippen LogP) is 0.957. The summed E-state index contributed by atoms with van der Waals surface area (Å²) in [5.41, 5.74) is 21.1. The molecule has 4 aromatic carbocycles. The number of nitrogens with zero attached hydrogens (tertiary/aromatic N) is 1. The number of nitrogens with one attached hydrogen (secondary N) is 9. The van der Waals surface area contributed by atoms with E-state index in [1.54, 1.807) is 56.6 Å². The van der Waals surface area contributed by atoms with E-state index in [4.69, 9.17) is 17.2 Å². The number of H-pyrrole nitrogens is 2. The number of carbonyl (C=O) groups is 8. The molecular weight excluding hydrogens is 971 g/mol. The van der Waals surface area contributed by atoms with Crippen LogP contribution in [0.15, 0.2) is 116 Å². The summed E-state index contributed by atoms with van der Waals surface area (Å²) in [6.45, 7) is 4.58. The second kappa shape index (κ2) is 27.7. The SMILES string of the molecule is CC(C)[C@H](NC(=O)[C@H](Cc1ccccc1)NC(=O)[C@H](CCCCN)NC(=O)CNC(=O)[C@H](Cc1c[nH]c2ccccc12)NC(=O)[C@H](C)NC(=O)[C@@H](Cc1ccc2ccccc2c1)NC(=O)[C@@H](N)Cc1cnc[nH]1)C(N)=O. The first-order chi connectivity index (χ1) is 36.5. The van der Waals surface area contributed by atoms with Crippen LogP contribution >= 0.6 is 0 Å². The van der Waals surface area contributed by atoms with Crippen LogP contribution in [-0.2, 0) is 64.0 Å². The Morgan fingerprint density at radius 1 is 0.592 bits per heavy atom. The average molecular weight is 1040 g/mol. The molecule has 6 aromatic rings. The molecule has 15 N–H and O–H groups in total. The van der Waals surface area contributed by atoms with E-state index in [1.165, 1.54) is 13.3 Å². The van der Waals surface area contributed by atoms with Crippen molar-refractivity contribution in [2.75, 3.05) is 13.1 Å². The number of aromatic nitrogens is 3. The molecule has 0 aliphatic heterocycles. The van der Waals surface area contributed by atoms with Gasteiger partial charge in [0.1, 0.15) is 36.3 Å². The van der Waals surface area contributed by atoms with Gasteiger partial charge in [0.15, 0.2) is 0 Å². The van der Waals surface area contributed by atoms with E-state index in [9.17, 15) is 38.4 Å². The Kier molecular flexibility index (Phi) is 20.8. The Labute approximate surface area is 440 Å². The summed E-state index contributed by atoms with van der Waals surface area (Å²) >= 11 is 0. The molecule has 0 spiro atoms. The van der Waals surface area contributed by atoms with E-state index in [-0.39, 0.29) is 38.0 Å². The minimum atomic E-state index is -1.29. The Bertz CT molecular complexity index is 2950. The standard InChI is InChI=1S/C55H69N13O8/c1-32(2)48(49(58)70)68-55(76)44(24-34-13-5-4-6-14-34)67-53(74)43(19-11-12-22-56)64-47(69)30-61-52(73)46(26-38-28-60-42-18-10-9-17-40(38)42)65-50(71)33(3)63-54(75)45(66-51(72)41(57)27-39-29-59-31-62-39)25-35-20-21-36-15-7-8-16-37(36)23-35/h4-10,13-18,20-21,23,28-29,31-33,41,43-46,48,60H,11-12,19,22,24-27,30,56-57H2,1-3H3,(H2,58,70)(H,59,62)(H,61,73)(H,63,75)(H,64,69)(H,65,71)(H,66,72)(H,67,74)(H,68,76)/t33-,41-,43-,44-,45+,46-,48-/m0/s1. The normalized spacial score (nSPS) is 14.0. The lowest BCUT2D eigenvalue weighted by atomic mass is 10.0. The van der Waals surface area contributed by atoms with Gasteiger partial charge in [0.2, 0.25) is 47.3 Å². The fraction of sp³-hybridized carbons (Fsp3) is 0.364. The van der Waals surface area contributed by atoms with Gasteiger partial charge in [-0.3, -0.25) is 38.4 Å². The molecule has 21 nitrogen and oxygen atoms in total. The number of amides is 8. The highest BCUT2D eigenvalue weighted by atomic mass is 16.2. The summed E-state index contributed by atoms with van der Waals surface area (Å²) in [7, 11) is 0. The van der Waals surface area contributed by atoms with Gasteiger partial charge in [0.25, 0.3) is 0 Å². The van der Waals surface area contributed by atoms with Crippen molar-refractivity contribution in [3.05, 3.63) is 138 Å². The van der Waals surface area contributed by atoms with Crippen molar-refractivity contribution in [2.24, 2.45) is 23.1 Å². The zero-order chi connectivity index (χ0) is 54.7. The fourth-order valence-corrected chi connectivity index (χ4v) is 8.67. The number of unbranched alkanes of at least 4 members (excludes halogenated alkanes) is 1. The second-order valence-corrected chi connectivity index (χ2v) is 19.2. The molecule has 2 heterocycles. The molecule has 8 amide bonds. The lowest BCUT2D eigenvalue weighted by molar-refractivity contribution is -0.134. The average Bonchev–Trinajstić information content (AvgIpc) is 4.08. The molecule has 21 heteroatoms. The highest BCUT2D eigenvalue weighted by Crippen LogP contribution is 2.20. The topological polar surface area (TPSA) is 343 Å². The minimum absolute atomic E-state index is 0.0405. The first-order valence-corrected chi connectivity index (χ1v) is 25.4. The van der Waals surface area contributed by atoms with Crippen molar-refractivity contribution in [1.82, 2.24) is 52.2 Å². The molecule has 0 saturated carbocycles. The van der Waals surface area contributed by atoms with E-state index in [0.29, 0.717) is 36.2 Å². The Hall–Kier alpha value is -8.43. The monoisotopic (exact) mass is 1040 g/mol. The van der Waals surface area contributed by atoms with Crippen LogP contribution < -0.4 is 54.4 Å². The molecule has 402 valence electrons. The molecule has 0 aliphatic carbocycles. The summed E-state index contributed by atoms with van der Waals surface area (Å²) < 4.78 is 0. The third-order valence-electron chi connectivity index (χ3n) is 12.9. The van der Waals surface area contributed by atoms with Gasteiger partial charge in [0, 0.05) is 54.7 Å². The lowest BCUT2D eigenvalue weighted by Gasteiger charge is -2.26. The number of carbonyl (C=O) groups excluding carboxylic acids is 8. The van der Waals surface area contributed by atoms with Crippen LogP contribution in [0.4, 0.5) is 0 Å². The molecule has 7 atom stereocenters. The molecule has 0 saturated heterocycles. The number of rotatable bonds is 28. The number of hydrogen-bond acceptors (Lipinski definition) is 11. The predicted molar refractivity (Wildman–Crippen MR) is 287 cm³/mol. The summed E-state index contributed by atoms with van der Waals surface area (Å²) in [6.07, 6.45) is 5.98. The van der Waals surface area contributed by atoms with E-state index in [2.05, 4.69) is 52.2 Å². The van der Waals surface area contributed by atoms with Crippen molar-refractivity contribution in [2.45, 2.75) is 108 Å². The Morgan fingerprint density at radius 2 is 1.22 bits per heavy atom. The number of fused-ring (bicyclic) bond motifs is 2. The molecular formula is C55H69N13O8. The molecule has 0 fully saturated rings. The van der Waals surface area contributed by atoms with Gasteiger partial charge >= 0.3 is 0 Å². The maximum absolute atomic E-state index is 14.2. The lowest BCUT2D eigenvalue weighted by Crippen LogP contribution is -2.59. The smallest absolute Gasteiger partial charge is 0.243 e. The summed E-state index contributed by atoms with van der Waals surface area (Å²) in [4.78, 5) is 119. The first kappa shape index (κ1) is 56.9. The zero-order valence-corrected chi connectivity index (χ0v) is 42.9. The van der Waals surface area contributed by atoms with Crippen LogP contribution in [0.1, 0.15) is 62.4 Å². The van der Waals surface area contributed by atoms with E-state index in [1.807, 2.05) is 66.7 Å². The molecule has 0 radical (unpaired) electrons. The number of aromatic amines is 2. The molecule has 6 rings (SSSR count). The number of para-hydroxylation sites is 1. The quantitative estimate of drug-likeness (QED) is 0.0307. The van der Waals surface area contributed by atoms with Crippen molar-refractivity contribution in [3.63, 3.8) is 0 Å². The second-order valence-electron chi connectivity index (χ2n) is 19.2. The number of benzene rings is 4. The summed E-state index contributed by atoms with van der Waals surface area (Å²) in [5.74, 6) is -5.96. The third-order valence-corrected chi connectivity index (χ3v) is 12.9. The highest BCUT2D eigenvalue weighted by Gasteiger charge is 2.33. The maximum Gasteiger partial charge on any atom is 0.243 e. The van der Waals surface area contributed by atoms with Crippen molar-refractivity contribution in [3.8, 4) is 0 Å². The van der Waals surface area contributed by atoms with E-state index in [0.717, 1.165) is 27.2 Å². The molecule has 0 aliphatic rings. The van der Waals surface area contributed by atoms with Gasteiger partial charge in [-0.05, 0) is 72.2 Å². The Balaban J connectivity index is 1.15. The van der Waals surface area contributed by atoms with Gasteiger partial charge < -0.3 is 64.4 Å². The van der Waals surface area contributed by atoms with Crippen LogP contribution in [0.5, 0.6) is 0 Å². The highest BCUT2D eigenvalue weighted by molar-refractivity contribution is 5.97. The van der Waals surface area contributed by atoms with Crippen molar-refractivity contribution in [1.29, 1.82) is 0 Å². The maximum atomic E-state index is 14.2. The molecule has 2 aromatic heterocycles. The number of hydrogen-bond donors (Lipinski definition) is 12. The van der Waals surface area contributed by atoms with Gasteiger partial charge in [-0.25, -0.2) is 4.98 Å². The minimum Gasteiger partial charge on any atom is -0.368 e. The zero-order valence-electron chi connectivity index (χ0n) is 42.9. The number of imidazole rings is 1. The van der Waals surface area contributed by atoms with Gasteiger partial charge in [-0.15, -0.1) is 0 Å². The van der Waals surface area contributed by atoms with Crippen molar-refractivity contribution >= 4 is 68.9 Å². The largest absolute Gasteiger partial charge is 0.368 e. The molecule has 0 bridgehead atoms. The van der Waals surface area contributed by atoms with Gasteiger partial charge in [-0.2, -0.15) is 0 Å². The number of nitrogens with two attached hydrogens (primary N) is 3. The number of primary amides is 1. The van der Waals surface area contributed by atoms with E-state index >= 15 is 0 Å². The summed E-state index contributed by atoms with van der Waals surface area (Å²) in [5, 5.41) is 21.6. The van der Waals surface area contributed by atoms with Gasteiger partial charge in [-0.1, -0.05) is 105 Å². The molecule has 0 unspecified atom stereocenters. The van der Waals surface area contributed by atoms with Crippen LogP contribution in [0.2, 0.25) is 0 Å². The Morgan fingerprint density at radius 3 is 1.92 bits per heavy atom. The fourth-order valence-electron chi connectivity index (χ4n) is 8.67. The van der Waals surface area contributed by atoms with Crippen molar-refractivity contribution < 1.29 is 38.4 Å². The van der Waals surface area contributed by atoms with Crippen LogP contribution in [0.3, 0.4) is 0 Å². The van der Waals surface area contributed by atoms with E-state index < -0.39 is 96.1 Å². The van der Waals surface area contributed by atoms with Crippen LogP contribution in [-0.4, -0.2) is 118 Å². The first-order valence-electron chi connectivity index (χ1n) is 25.4. The van der Waals surface area contributed by atoms with Crippen LogP contribution in [0.25, 0.3) is 21.7 Å². The van der Waals surface area contributed by atoms with Crippen LogP contribution in [0, 0.1) is 5.92 Å². The summed E-state index contributed by atoms with van der Waals surface area (Å²) in [6, 6.07) is 21.6. The third kappa shape index (κ3) is 16.5. The molecule has 76 heavy (non-hydrogen) atoms. The van der Waals surface area contributed by atoms with Gasteiger partial charge in [0.05, 0.1) is 18.9 Å².